The molecular formula is C16H22N2O4. The van der Waals surface area contributed by atoms with Crippen molar-refractivity contribution in [3.05, 3.63) is 29.8 Å². The van der Waals surface area contributed by atoms with Crippen LogP contribution in [0.5, 0.6) is 11.5 Å². The second-order valence-corrected chi connectivity index (χ2v) is 4.53. The molecule has 0 aromatic heterocycles. The summed E-state index contributed by atoms with van der Waals surface area (Å²) in [5.41, 5.74) is 0.992. The van der Waals surface area contributed by atoms with Gasteiger partial charge in [0.25, 0.3) is 5.91 Å². The lowest BCUT2D eigenvalue weighted by Crippen LogP contribution is -2.36. The molecule has 1 rings (SSSR count). The quantitative estimate of drug-likeness (QED) is 0.711. The predicted octanol–water partition coefficient (Wildman–Crippen LogP) is 1.36. The van der Waals surface area contributed by atoms with Crippen molar-refractivity contribution < 1.29 is 19.1 Å². The third kappa shape index (κ3) is 6.30. The Hall–Kier alpha value is -2.50. The third-order valence-electron chi connectivity index (χ3n) is 2.73. The standard InChI is InChI=1S/C16H22N2O4/c1-4-5-13-6-7-14(15(10-13)21-3)22-11-16(20)18-9-8-17-12(2)19/h4-7,10H,8-9,11H2,1-3H3,(H,17,19)(H,18,20)/b5-4+. The molecule has 0 heterocycles. The smallest absolute Gasteiger partial charge is 0.258 e. The first-order valence-corrected chi connectivity index (χ1v) is 7.01. The molecule has 6 nitrogen and oxygen atoms in total. The van der Waals surface area contributed by atoms with Gasteiger partial charge < -0.3 is 20.1 Å². The van der Waals surface area contributed by atoms with Crippen LogP contribution in [-0.4, -0.2) is 38.6 Å². The topological polar surface area (TPSA) is 76.7 Å². The van der Waals surface area contributed by atoms with Gasteiger partial charge in [-0.2, -0.15) is 0 Å². The Labute approximate surface area is 130 Å². The summed E-state index contributed by atoms with van der Waals surface area (Å²) in [7, 11) is 1.55. The van der Waals surface area contributed by atoms with Gasteiger partial charge in [-0.15, -0.1) is 0 Å². The molecule has 0 atom stereocenters. The zero-order valence-corrected chi connectivity index (χ0v) is 13.1. The van der Waals surface area contributed by atoms with Gasteiger partial charge in [-0.25, -0.2) is 0 Å². The maximum atomic E-state index is 11.6. The van der Waals surface area contributed by atoms with Crippen molar-refractivity contribution in [3.63, 3.8) is 0 Å². The number of benzene rings is 1. The first kappa shape index (κ1) is 17.6. The molecule has 0 bridgehead atoms. The van der Waals surface area contributed by atoms with Crippen LogP contribution >= 0.6 is 0 Å². The lowest BCUT2D eigenvalue weighted by molar-refractivity contribution is -0.123. The summed E-state index contributed by atoms with van der Waals surface area (Å²) in [6.45, 7) is 4.00. The average molecular weight is 306 g/mol. The first-order valence-electron chi connectivity index (χ1n) is 7.01. The van der Waals surface area contributed by atoms with E-state index >= 15 is 0 Å². The molecule has 0 saturated heterocycles. The Morgan fingerprint density at radius 2 is 1.91 bits per heavy atom. The number of allylic oxidation sites excluding steroid dienone is 1. The highest BCUT2D eigenvalue weighted by Crippen LogP contribution is 2.28. The fourth-order valence-electron chi connectivity index (χ4n) is 1.73. The summed E-state index contributed by atoms with van der Waals surface area (Å²) in [6.07, 6.45) is 3.87. The Kier molecular flexibility index (Phi) is 7.53. The van der Waals surface area contributed by atoms with E-state index in [0.717, 1.165) is 5.56 Å². The SMILES string of the molecule is C/C=C/c1ccc(OCC(=O)NCCNC(C)=O)c(OC)c1. The summed E-state index contributed by atoms with van der Waals surface area (Å²) >= 11 is 0. The van der Waals surface area contributed by atoms with Crippen LogP contribution in [0.2, 0.25) is 0 Å². The van der Waals surface area contributed by atoms with Crippen LogP contribution in [-0.2, 0) is 9.59 Å². The van der Waals surface area contributed by atoms with Crippen LogP contribution in [0, 0.1) is 0 Å². The number of amides is 2. The van der Waals surface area contributed by atoms with Crippen LogP contribution in [0.15, 0.2) is 24.3 Å². The molecule has 0 saturated carbocycles. The summed E-state index contributed by atoms with van der Waals surface area (Å²) in [5.74, 6) is 0.691. The molecule has 2 amide bonds. The van der Waals surface area contributed by atoms with E-state index in [-0.39, 0.29) is 18.4 Å². The fraction of sp³-hybridized carbons (Fsp3) is 0.375. The molecule has 6 heteroatoms. The van der Waals surface area contributed by atoms with E-state index in [1.807, 2.05) is 31.2 Å². The van der Waals surface area contributed by atoms with Crippen molar-refractivity contribution in [1.82, 2.24) is 10.6 Å². The maximum Gasteiger partial charge on any atom is 0.258 e. The number of nitrogens with one attached hydrogen (secondary N) is 2. The molecule has 22 heavy (non-hydrogen) atoms. The molecule has 0 aliphatic carbocycles. The number of rotatable bonds is 8. The Morgan fingerprint density at radius 3 is 2.55 bits per heavy atom. The van der Waals surface area contributed by atoms with Gasteiger partial charge in [0.15, 0.2) is 18.1 Å². The predicted molar refractivity (Wildman–Crippen MR) is 84.9 cm³/mol. The van der Waals surface area contributed by atoms with Gasteiger partial charge in [-0.05, 0) is 24.6 Å². The zero-order chi connectivity index (χ0) is 16.4. The minimum Gasteiger partial charge on any atom is -0.493 e. The molecule has 2 N–H and O–H groups in total. The Balaban J connectivity index is 2.46. The Morgan fingerprint density at radius 1 is 1.18 bits per heavy atom. The molecular weight excluding hydrogens is 284 g/mol. The number of carbonyl (C=O) groups excluding carboxylic acids is 2. The van der Waals surface area contributed by atoms with Gasteiger partial charge >= 0.3 is 0 Å². The highest BCUT2D eigenvalue weighted by Gasteiger charge is 2.07. The van der Waals surface area contributed by atoms with Crippen molar-refractivity contribution in [2.45, 2.75) is 13.8 Å². The zero-order valence-electron chi connectivity index (χ0n) is 13.1. The molecule has 0 fully saturated rings. The van der Waals surface area contributed by atoms with Crippen LogP contribution in [0.3, 0.4) is 0 Å². The van der Waals surface area contributed by atoms with Crippen LogP contribution in [0.25, 0.3) is 6.08 Å². The summed E-state index contributed by atoms with van der Waals surface area (Å²) < 4.78 is 10.7. The number of hydrogen-bond donors (Lipinski definition) is 2. The number of methoxy groups -OCH3 is 1. The normalized spacial score (nSPS) is 10.3. The second-order valence-electron chi connectivity index (χ2n) is 4.53. The molecule has 0 unspecified atom stereocenters. The molecule has 0 spiro atoms. The van der Waals surface area contributed by atoms with Gasteiger partial charge in [-0.1, -0.05) is 18.2 Å². The van der Waals surface area contributed by atoms with Crippen molar-refractivity contribution >= 4 is 17.9 Å². The first-order chi connectivity index (χ1) is 10.6. The third-order valence-corrected chi connectivity index (χ3v) is 2.73. The molecule has 120 valence electrons. The fourth-order valence-corrected chi connectivity index (χ4v) is 1.73. The molecule has 1 aromatic carbocycles. The minimum absolute atomic E-state index is 0.112. The van der Waals surface area contributed by atoms with Crippen molar-refractivity contribution in [3.8, 4) is 11.5 Å². The molecule has 1 aromatic rings. The maximum absolute atomic E-state index is 11.6. The van der Waals surface area contributed by atoms with Gasteiger partial charge in [0.2, 0.25) is 5.91 Å². The van der Waals surface area contributed by atoms with E-state index in [1.54, 1.807) is 13.2 Å². The highest BCUT2D eigenvalue weighted by atomic mass is 16.5. The molecule has 0 aliphatic rings. The largest absolute Gasteiger partial charge is 0.493 e. The number of carbonyl (C=O) groups is 2. The van der Waals surface area contributed by atoms with E-state index in [1.165, 1.54) is 6.92 Å². The lowest BCUT2D eigenvalue weighted by Gasteiger charge is -2.11. The summed E-state index contributed by atoms with van der Waals surface area (Å²) in [6, 6.07) is 5.48. The van der Waals surface area contributed by atoms with Gasteiger partial charge in [0.05, 0.1) is 7.11 Å². The van der Waals surface area contributed by atoms with E-state index in [9.17, 15) is 9.59 Å². The van der Waals surface area contributed by atoms with Gasteiger partial charge in [0.1, 0.15) is 0 Å². The monoisotopic (exact) mass is 306 g/mol. The van der Waals surface area contributed by atoms with Crippen LogP contribution < -0.4 is 20.1 Å². The second kappa shape index (κ2) is 9.44. The van der Waals surface area contributed by atoms with E-state index in [2.05, 4.69) is 10.6 Å². The summed E-state index contributed by atoms with van der Waals surface area (Å²) in [4.78, 5) is 22.3. The highest BCUT2D eigenvalue weighted by molar-refractivity contribution is 5.77. The number of hydrogen-bond acceptors (Lipinski definition) is 4. The molecule has 0 aliphatic heterocycles. The minimum atomic E-state index is -0.259. The van der Waals surface area contributed by atoms with Crippen LogP contribution in [0.1, 0.15) is 19.4 Å². The molecule has 0 radical (unpaired) electrons. The van der Waals surface area contributed by atoms with Gasteiger partial charge in [-0.3, -0.25) is 9.59 Å². The van der Waals surface area contributed by atoms with Gasteiger partial charge in [0, 0.05) is 20.0 Å². The van der Waals surface area contributed by atoms with E-state index < -0.39 is 0 Å². The summed E-state index contributed by atoms with van der Waals surface area (Å²) in [5, 5.41) is 5.24. The van der Waals surface area contributed by atoms with E-state index in [0.29, 0.717) is 24.6 Å². The van der Waals surface area contributed by atoms with Crippen molar-refractivity contribution in [2.24, 2.45) is 0 Å². The lowest BCUT2D eigenvalue weighted by atomic mass is 10.2. The van der Waals surface area contributed by atoms with Crippen molar-refractivity contribution in [2.75, 3.05) is 26.8 Å². The average Bonchev–Trinajstić information content (AvgIpc) is 2.50. The Bertz CT molecular complexity index is 541. The van der Waals surface area contributed by atoms with Crippen LogP contribution in [0.4, 0.5) is 0 Å². The van der Waals surface area contributed by atoms with Crippen molar-refractivity contribution in [1.29, 1.82) is 0 Å². The van der Waals surface area contributed by atoms with E-state index in [4.69, 9.17) is 9.47 Å². The number of ether oxygens (including phenoxy) is 2.